The lowest BCUT2D eigenvalue weighted by Gasteiger charge is -2.48. The third-order valence-electron chi connectivity index (χ3n) is 5.16. The molecule has 0 atom stereocenters. The first-order chi connectivity index (χ1) is 12.0. The lowest BCUT2D eigenvalue weighted by atomic mass is 9.76. The highest BCUT2D eigenvalue weighted by Gasteiger charge is 2.52. The summed E-state index contributed by atoms with van der Waals surface area (Å²) in [6.45, 7) is 4.71. The number of aromatic nitrogens is 1. The number of halogens is 1. The van der Waals surface area contributed by atoms with Gasteiger partial charge in [0.15, 0.2) is 0 Å². The van der Waals surface area contributed by atoms with Crippen molar-refractivity contribution >= 4 is 23.3 Å². The van der Waals surface area contributed by atoms with Gasteiger partial charge >= 0.3 is 0 Å². The molecule has 0 unspecified atom stereocenters. The monoisotopic (exact) mass is 357 g/mol. The second-order valence-corrected chi connectivity index (χ2v) is 7.32. The second kappa shape index (κ2) is 5.92. The van der Waals surface area contributed by atoms with Crippen molar-refractivity contribution in [2.24, 2.45) is 0 Å². The molecule has 0 radical (unpaired) electrons. The average molecular weight is 358 g/mol. The molecule has 1 amide bonds. The lowest BCUT2D eigenvalue weighted by Crippen LogP contribution is -2.62. The van der Waals surface area contributed by atoms with Gasteiger partial charge in [-0.3, -0.25) is 4.79 Å². The first-order valence-corrected chi connectivity index (χ1v) is 8.68. The van der Waals surface area contributed by atoms with E-state index in [0.29, 0.717) is 5.02 Å². The number of amides is 1. The molecular formula is C19H20ClN3O2. The zero-order chi connectivity index (χ0) is 17.6. The highest BCUT2D eigenvalue weighted by atomic mass is 35.5. The van der Waals surface area contributed by atoms with Gasteiger partial charge in [-0.1, -0.05) is 23.7 Å². The summed E-state index contributed by atoms with van der Waals surface area (Å²) in [4.78, 5) is 20.4. The fourth-order valence-electron chi connectivity index (χ4n) is 3.86. The zero-order valence-corrected chi connectivity index (χ0v) is 15.1. The standard InChI is InChI=1S/C19H20ClN3O2/c1-13(24)23-11-19(12-23)10-22(18-17(19)7-15(20)8-21-18)9-14-3-5-16(25-2)6-4-14/h3-8H,9-12H2,1-2H3. The van der Waals surface area contributed by atoms with Crippen LogP contribution in [0.15, 0.2) is 36.5 Å². The molecule has 2 aliphatic heterocycles. The Kier molecular flexibility index (Phi) is 3.84. The van der Waals surface area contributed by atoms with E-state index in [4.69, 9.17) is 16.3 Å². The molecule has 25 heavy (non-hydrogen) atoms. The normalized spacial score (nSPS) is 17.4. The fraction of sp³-hybridized carbons (Fsp3) is 0.368. The number of pyridine rings is 1. The Morgan fingerprint density at radius 3 is 2.64 bits per heavy atom. The number of ether oxygens (including phenoxy) is 1. The fourth-order valence-corrected chi connectivity index (χ4v) is 4.02. The third-order valence-corrected chi connectivity index (χ3v) is 5.37. The molecule has 1 spiro atoms. The summed E-state index contributed by atoms with van der Waals surface area (Å²) in [5.74, 6) is 1.95. The van der Waals surface area contributed by atoms with Gasteiger partial charge in [-0.05, 0) is 23.8 Å². The van der Waals surface area contributed by atoms with E-state index in [1.165, 1.54) is 5.56 Å². The first kappa shape index (κ1) is 16.2. The molecular weight excluding hydrogens is 338 g/mol. The molecule has 130 valence electrons. The minimum absolute atomic E-state index is 0.0502. The average Bonchev–Trinajstić information content (AvgIpc) is 2.88. The van der Waals surface area contributed by atoms with Gasteiger partial charge in [-0.25, -0.2) is 4.98 Å². The first-order valence-electron chi connectivity index (χ1n) is 8.30. The van der Waals surface area contributed by atoms with Crippen LogP contribution in [0.3, 0.4) is 0 Å². The zero-order valence-electron chi connectivity index (χ0n) is 14.3. The van der Waals surface area contributed by atoms with Crippen LogP contribution in [0, 0.1) is 0 Å². The predicted octanol–water partition coefficient (Wildman–Crippen LogP) is 2.86. The quantitative estimate of drug-likeness (QED) is 0.847. The molecule has 0 bridgehead atoms. The maximum Gasteiger partial charge on any atom is 0.219 e. The highest BCUT2D eigenvalue weighted by molar-refractivity contribution is 6.30. The van der Waals surface area contributed by atoms with Crippen LogP contribution >= 0.6 is 11.6 Å². The number of rotatable bonds is 3. The van der Waals surface area contributed by atoms with Crippen LogP contribution in [0.2, 0.25) is 5.02 Å². The predicted molar refractivity (Wildman–Crippen MR) is 97.2 cm³/mol. The number of hydrogen-bond donors (Lipinski definition) is 0. The highest BCUT2D eigenvalue weighted by Crippen LogP contribution is 2.46. The number of anilines is 1. The van der Waals surface area contributed by atoms with Crippen molar-refractivity contribution in [3.63, 3.8) is 0 Å². The van der Waals surface area contributed by atoms with Gasteiger partial charge in [0.25, 0.3) is 0 Å². The van der Waals surface area contributed by atoms with Crippen LogP contribution in [-0.2, 0) is 16.8 Å². The molecule has 1 aromatic carbocycles. The minimum Gasteiger partial charge on any atom is -0.497 e. The van der Waals surface area contributed by atoms with Crippen LogP contribution in [0.25, 0.3) is 0 Å². The van der Waals surface area contributed by atoms with Crippen LogP contribution in [0.1, 0.15) is 18.1 Å². The topological polar surface area (TPSA) is 45.7 Å². The van der Waals surface area contributed by atoms with Crippen LogP contribution in [0.4, 0.5) is 5.82 Å². The van der Waals surface area contributed by atoms with Gasteiger partial charge < -0.3 is 14.5 Å². The van der Waals surface area contributed by atoms with Crippen molar-refractivity contribution in [1.29, 1.82) is 0 Å². The number of hydrogen-bond acceptors (Lipinski definition) is 4. The molecule has 5 nitrogen and oxygen atoms in total. The molecule has 3 heterocycles. The van der Waals surface area contributed by atoms with Crippen LogP contribution < -0.4 is 9.64 Å². The van der Waals surface area contributed by atoms with Crippen LogP contribution in [-0.4, -0.2) is 42.5 Å². The van der Waals surface area contributed by atoms with E-state index in [2.05, 4.69) is 22.0 Å². The summed E-state index contributed by atoms with van der Waals surface area (Å²) in [5.41, 5.74) is 2.31. The second-order valence-electron chi connectivity index (χ2n) is 6.88. The number of carbonyl (C=O) groups is 1. The van der Waals surface area contributed by atoms with E-state index >= 15 is 0 Å². The summed E-state index contributed by atoms with van der Waals surface area (Å²) in [6, 6.07) is 10.1. The van der Waals surface area contributed by atoms with Gasteiger partial charge in [0.05, 0.1) is 17.5 Å². The smallest absolute Gasteiger partial charge is 0.219 e. The van der Waals surface area contributed by atoms with E-state index < -0.39 is 0 Å². The maximum absolute atomic E-state index is 11.6. The van der Waals surface area contributed by atoms with Crippen LogP contribution in [0.5, 0.6) is 5.75 Å². The molecule has 0 N–H and O–H groups in total. The van der Waals surface area contributed by atoms with Crippen molar-refractivity contribution in [1.82, 2.24) is 9.88 Å². The number of carbonyl (C=O) groups excluding carboxylic acids is 1. The lowest BCUT2D eigenvalue weighted by molar-refractivity contribution is -0.136. The van der Waals surface area contributed by atoms with Crippen molar-refractivity contribution in [2.45, 2.75) is 18.9 Å². The van der Waals surface area contributed by atoms with Gasteiger partial charge in [0, 0.05) is 44.9 Å². The number of likely N-dealkylation sites (tertiary alicyclic amines) is 1. The summed E-state index contributed by atoms with van der Waals surface area (Å²) in [7, 11) is 1.67. The van der Waals surface area contributed by atoms with Crippen molar-refractivity contribution < 1.29 is 9.53 Å². The molecule has 6 heteroatoms. The Morgan fingerprint density at radius 1 is 1.28 bits per heavy atom. The molecule has 2 aliphatic rings. The number of benzene rings is 1. The van der Waals surface area contributed by atoms with Gasteiger partial charge in [-0.15, -0.1) is 0 Å². The van der Waals surface area contributed by atoms with E-state index in [-0.39, 0.29) is 11.3 Å². The summed E-state index contributed by atoms with van der Waals surface area (Å²) in [5, 5.41) is 0.644. The minimum atomic E-state index is -0.0502. The van der Waals surface area contributed by atoms with E-state index in [9.17, 15) is 4.79 Å². The van der Waals surface area contributed by atoms with Crippen molar-refractivity contribution in [2.75, 3.05) is 31.6 Å². The van der Waals surface area contributed by atoms with Crippen molar-refractivity contribution in [3.05, 3.63) is 52.7 Å². The van der Waals surface area contributed by atoms with E-state index in [1.54, 1.807) is 20.2 Å². The van der Waals surface area contributed by atoms with Gasteiger partial charge in [0.2, 0.25) is 5.91 Å². The Morgan fingerprint density at radius 2 is 2.00 bits per heavy atom. The molecule has 1 saturated heterocycles. The molecule has 0 saturated carbocycles. The molecule has 1 fully saturated rings. The molecule has 4 rings (SSSR count). The third kappa shape index (κ3) is 2.72. The number of fused-ring (bicyclic) bond motifs is 2. The SMILES string of the molecule is COc1ccc(CN2CC3(CN(C(C)=O)C3)c3cc(Cl)cnc32)cc1. The molecule has 2 aromatic rings. The summed E-state index contributed by atoms with van der Waals surface area (Å²) in [6.07, 6.45) is 1.70. The largest absolute Gasteiger partial charge is 0.497 e. The van der Waals surface area contributed by atoms with Gasteiger partial charge in [-0.2, -0.15) is 0 Å². The van der Waals surface area contributed by atoms with E-state index in [0.717, 1.165) is 43.3 Å². The molecule has 1 aromatic heterocycles. The Balaban J connectivity index is 1.61. The van der Waals surface area contributed by atoms with Gasteiger partial charge in [0.1, 0.15) is 11.6 Å². The summed E-state index contributed by atoms with van der Waals surface area (Å²) >= 11 is 6.20. The summed E-state index contributed by atoms with van der Waals surface area (Å²) < 4.78 is 5.22. The maximum atomic E-state index is 11.6. The number of methoxy groups -OCH3 is 1. The van der Waals surface area contributed by atoms with Crippen molar-refractivity contribution in [3.8, 4) is 5.75 Å². The Hall–Kier alpha value is -2.27. The number of nitrogens with zero attached hydrogens (tertiary/aromatic N) is 3. The molecule has 0 aliphatic carbocycles. The van der Waals surface area contributed by atoms with E-state index in [1.807, 2.05) is 23.1 Å². The Labute approximate surface area is 152 Å². The Bertz CT molecular complexity index is 816.